The van der Waals surface area contributed by atoms with Gasteiger partial charge in [-0.2, -0.15) is 0 Å². The van der Waals surface area contributed by atoms with Gasteiger partial charge in [0, 0.05) is 19.2 Å². The summed E-state index contributed by atoms with van der Waals surface area (Å²) in [4.78, 5) is 22.0. The van der Waals surface area contributed by atoms with Crippen LogP contribution in [-0.2, 0) is 11.8 Å². The van der Waals surface area contributed by atoms with Crippen molar-refractivity contribution in [3.63, 3.8) is 0 Å². The minimum Gasteiger partial charge on any atom is -0.481 e. The number of carboxylic acids is 1. The summed E-state index contributed by atoms with van der Waals surface area (Å²) in [6.07, 6.45) is -0.0981. The van der Waals surface area contributed by atoms with Gasteiger partial charge in [0.2, 0.25) is 0 Å². The lowest BCUT2D eigenvalue weighted by molar-refractivity contribution is -0.136. The molecule has 0 saturated heterocycles. The lowest BCUT2D eigenvalue weighted by atomic mass is 10.2. The van der Waals surface area contributed by atoms with Crippen LogP contribution in [0.2, 0.25) is 0 Å². The molecule has 2 N–H and O–H groups in total. The summed E-state index contributed by atoms with van der Waals surface area (Å²) < 4.78 is 1.61. The minimum absolute atomic E-state index is 0.0981. The molecule has 0 saturated carbocycles. The number of nitrogens with zero attached hydrogens (tertiary/aromatic N) is 3. The summed E-state index contributed by atoms with van der Waals surface area (Å²) in [5.41, 5.74) is 1.90. The Bertz CT molecular complexity index is 605. The molecule has 0 aliphatic heterocycles. The molecule has 18 heavy (non-hydrogen) atoms. The van der Waals surface area contributed by atoms with Gasteiger partial charge < -0.3 is 10.4 Å². The predicted octanol–water partition coefficient (Wildman–Crippen LogP) is 0.173. The number of carbonyl (C=O) groups excluding carboxylic acids is 1. The number of aryl methyl sites for hydroxylation is 1. The Morgan fingerprint density at radius 3 is 2.94 bits per heavy atom. The van der Waals surface area contributed by atoms with E-state index in [2.05, 4.69) is 15.6 Å². The Hall–Kier alpha value is -2.44. The van der Waals surface area contributed by atoms with Gasteiger partial charge in [-0.25, -0.2) is 4.68 Å². The lowest BCUT2D eigenvalue weighted by Gasteiger charge is -2.03. The van der Waals surface area contributed by atoms with Gasteiger partial charge in [-0.1, -0.05) is 5.21 Å². The number of carbonyl (C=O) groups is 2. The summed E-state index contributed by atoms with van der Waals surface area (Å²) in [6.45, 7) is 0.104. The molecule has 1 amide bonds. The van der Waals surface area contributed by atoms with Crippen LogP contribution in [0.3, 0.4) is 0 Å². The van der Waals surface area contributed by atoms with Crippen molar-refractivity contribution >= 4 is 22.9 Å². The van der Waals surface area contributed by atoms with Crippen LogP contribution in [0.25, 0.3) is 11.0 Å². The molecule has 0 fully saturated rings. The van der Waals surface area contributed by atoms with E-state index in [1.807, 2.05) is 0 Å². The molecule has 7 heteroatoms. The molecular formula is C11H12N4O3. The highest BCUT2D eigenvalue weighted by atomic mass is 16.4. The first-order valence-electron chi connectivity index (χ1n) is 5.37. The highest BCUT2D eigenvalue weighted by Gasteiger charge is 2.09. The molecule has 0 aliphatic carbocycles. The van der Waals surface area contributed by atoms with Gasteiger partial charge in [0.05, 0.1) is 11.9 Å². The maximum absolute atomic E-state index is 11.7. The Labute approximate surface area is 102 Å². The fraction of sp³-hybridized carbons (Fsp3) is 0.273. The van der Waals surface area contributed by atoms with Crippen LogP contribution in [0, 0.1) is 0 Å². The zero-order valence-corrected chi connectivity index (χ0v) is 9.75. The predicted molar refractivity (Wildman–Crippen MR) is 63.1 cm³/mol. The maximum atomic E-state index is 11.7. The van der Waals surface area contributed by atoms with Gasteiger partial charge in [-0.3, -0.25) is 9.59 Å². The average molecular weight is 248 g/mol. The van der Waals surface area contributed by atoms with Crippen LogP contribution in [0.15, 0.2) is 18.2 Å². The SMILES string of the molecule is Cn1nnc2cc(C(=O)NCCC(=O)O)ccc21. The standard InChI is InChI=1S/C11H12N4O3/c1-15-9-3-2-7(6-8(9)13-14-15)11(18)12-5-4-10(16)17/h2-3,6H,4-5H2,1H3,(H,12,18)(H,16,17). The maximum Gasteiger partial charge on any atom is 0.305 e. The number of aromatic nitrogens is 3. The smallest absolute Gasteiger partial charge is 0.305 e. The Balaban J connectivity index is 2.10. The Kier molecular flexibility index (Phi) is 3.22. The molecule has 1 aromatic heterocycles. The third-order valence-corrected chi connectivity index (χ3v) is 2.50. The van der Waals surface area contributed by atoms with E-state index in [1.165, 1.54) is 0 Å². The Morgan fingerprint density at radius 1 is 1.44 bits per heavy atom. The molecule has 0 bridgehead atoms. The summed E-state index contributed by atoms with van der Waals surface area (Å²) in [6, 6.07) is 5.03. The van der Waals surface area contributed by atoms with Gasteiger partial charge in [0.1, 0.15) is 5.52 Å². The zero-order chi connectivity index (χ0) is 13.1. The third-order valence-electron chi connectivity index (χ3n) is 2.50. The minimum atomic E-state index is -0.945. The van der Waals surface area contributed by atoms with Crippen LogP contribution in [0.5, 0.6) is 0 Å². The second-order valence-electron chi connectivity index (χ2n) is 3.82. The number of fused-ring (bicyclic) bond motifs is 1. The van der Waals surface area contributed by atoms with E-state index in [1.54, 1.807) is 29.9 Å². The summed E-state index contributed by atoms with van der Waals surface area (Å²) >= 11 is 0. The summed E-state index contributed by atoms with van der Waals surface area (Å²) in [5, 5.41) is 18.7. The number of amides is 1. The second-order valence-corrected chi connectivity index (χ2v) is 3.82. The van der Waals surface area contributed by atoms with E-state index >= 15 is 0 Å². The average Bonchev–Trinajstić information content (AvgIpc) is 2.70. The van der Waals surface area contributed by atoms with Gasteiger partial charge in [0.15, 0.2) is 0 Å². The van der Waals surface area contributed by atoms with Gasteiger partial charge >= 0.3 is 5.97 Å². The molecule has 7 nitrogen and oxygen atoms in total. The van der Waals surface area contributed by atoms with Gasteiger partial charge in [-0.05, 0) is 18.2 Å². The van der Waals surface area contributed by atoms with E-state index in [4.69, 9.17) is 5.11 Å². The fourth-order valence-corrected chi connectivity index (χ4v) is 1.57. The second kappa shape index (κ2) is 4.82. The molecule has 0 radical (unpaired) electrons. The molecule has 94 valence electrons. The number of carboxylic acid groups (broad SMARTS) is 1. The first kappa shape index (κ1) is 12.0. The van der Waals surface area contributed by atoms with Crippen molar-refractivity contribution in [1.82, 2.24) is 20.3 Å². The van der Waals surface area contributed by atoms with Crippen LogP contribution in [0.1, 0.15) is 16.8 Å². The molecule has 2 rings (SSSR count). The zero-order valence-electron chi connectivity index (χ0n) is 9.75. The molecule has 1 heterocycles. The highest BCUT2D eigenvalue weighted by molar-refractivity contribution is 5.97. The largest absolute Gasteiger partial charge is 0.481 e. The molecule has 2 aromatic rings. The normalized spacial score (nSPS) is 10.5. The van der Waals surface area contributed by atoms with Gasteiger partial charge in [-0.15, -0.1) is 5.10 Å². The number of rotatable bonds is 4. The number of hydrogen-bond acceptors (Lipinski definition) is 4. The third kappa shape index (κ3) is 2.45. The summed E-state index contributed by atoms with van der Waals surface area (Å²) in [5.74, 6) is -1.26. The van der Waals surface area contributed by atoms with Crippen molar-refractivity contribution in [3.8, 4) is 0 Å². The van der Waals surface area contributed by atoms with Crippen LogP contribution < -0.4 is 5.32 Å². The van der Waals surface area contributed by atoms with Crippen molar-refractivity contribution in [2.24, 2.45) is 7.05 Å². The van der Waals surface area contributed by atoms with Crippen molar-refractivity contribution in [1.29, 1.82) is 0 Å². The molecular weight excluding hydrogens is 236 g/mol. The van der Waals surface area contributed by atoms with Crippen molar-refractivity contribution in [2.75, 3.05) is 6.54 Å². The van der Waals surface area contributed by atoms with Crippen molar-refractivity contribution < 1.29 is 14.7 Å². The van der Waals surface area contributed by atoms with Crippen LogP contribution in [0.4, 0.5) is 0 Å². The molecule has 0 aliphatic rings. The topological polar surface area (TPSA) is 97.1 Å². The van der Waals surface area contributed by atoms with E-state index < -0.39 is 5.97 Å². The number of benzene rings is 1. The van der Waals surface area contributed by atoms with Gasteiger partial charge in [0.25, 0.3) is 5.91 Å². The number of nitrogens with one attached hydrogen (secondary N) is 1. The van der Waals surface area contributed by atoms with E-state index in [0.717, 1.165) is 5.52 Å². The van der Waals surface area contributed by atoms with Crippen LogP contribution in [-0.4, -0.2) is 38.5 Å². The highest BCUT2D eigenvalue weighted by Crippen LogP contribution is 2.12. The number of aliphatic carboxylic acids is 1. The molecule has 0 unspecified atom stereocenters. The molecule has 0 spiro atoms. The molecule has 0 atom stereocenters. The fourth-order valence-electron chi connectivity index (χ4n) is 1.57. The quantitative estimate of drug-likeness (QED) is 0.804. The van der Waals surface area contributed by atoms with E-state index in [-0.39, 0.29) is 18.9 Å². The summed E-state index contributed by atoms with van der Waals surface area (Å²) in [7, 11) is 1.77. The van der Waals surface area contributed by atoms with E-state index in [0.29, 0.717) is 11.1 Å². The first-order valence-corrected chi connectivity index (χ1v) is 5.37. The lowest BCUT2D eigenvalue weighted by Crippen LogP contribution is -2.25. The van der Waals surface area contributed by atoms with Crippen LogP contribution >= 0.6 is 0 Å². The van der Waals surface area contributed by atoms with E-state index in [9.17, 15) is 9.59 Å². The Morgan fingerprint density at radius 2 is 2.22 bits per heavy atom. The van der Waals surface area contributed by atoms with Crippen molar-refractivity contribution in [3.05, 3.63) is 23.8 Å². The molecule has 1 aromatic carbocycles. The number of hydrogen-bond donors (Lipinski definition) is 2. The first-order chi connectivity index (χ1) is 8.58. The monoisotopic (exact) mass is 248 g/mol. The van der Waals surface area contributed by atoms with Crippen molar-refractivity contribution in [2.45, 2.75) is 6.42 Å².